The summed E-state index contributed by atoms with van der Waals surface area (Å²) in [5.41, 5.74) is 0.295. The fourth-order valence-corrected chi connectivity index (χ4v) is 3.07. The highest BCUT2D eigenvalue weighted by Crippen LogP contribution is 2.35. The van der Waals surface area contributed by atoms with E-state index in [1.54, 1.807) is 18.2 Å². The van der Waals surface area contributed by atoms with Gasteiger partial charge in [0, 0.05) is 22.3 Å². The van der Waals surface area contributed by atoms with E-state index in [1.807, 2.05) is 0 Å². The van der Waals surface area contributed by atoms with Gasteiger partial charge in [0.1, 0.15) is 0 Å². The highest BCUT2D eigenvalue weighted by Gasteiger charge is 2.43. The number of rotatable bonds is 3. The summed E-state index contributed by atoms with van der Waals surface area (Å²) >= 11 is 11.9. The zero-order valence-electron chi connectivity index (χ0n) is 11.1. The molecule has 2 N–H and O–H groups in total. The Kier molecular flexibility index (Phi) is 4.39. The summed E-state index contributed by atoms with van der Waals surface area (Å²) in [5, 5.41) is 7.25. The van der Waals surface area contributed by atoms with Gasteiger partial charge in [-0.05, 0) is 37.1 Å². The number of halogens is 2. The van der Waals surface area contributed by atoms with Gasteiger partial charge >= 0.3 is 0 Å². The third kappa shape index (κ3) is 3.04. The Bertz CT molecular complexity index is 462. The van der Waals surface area contributed by atoms with Crippen LogP contribution in [0, 0.1) is 11.3 Å². The Balaban J connectivity index is 2.20. The molecule has 0 aliphatic carbocycles. The number of carbonyl (C=O) groups excluding carboxylic acids is 1. The number of nitrogens with one attached hydrogen (secondary N) is 2. The summed E-state index contributed by atoms with van der Waals surface area (Å²) in [7, 11) is 0. The maximum Gasteiger partial charge on any atom is 0.232 e. The minimum atomic E-state index is -0.352. The predicted molar refractivity (Wildman–Crippen MR) is 79.8 cm³/mol. The van der Waals surface area contributed by atoms with Gasteiger partial charge in [-0.2, -0.15) is 0 Å². The van der Waals surface area contributed by atoms with Crippen LogP contribution in [-0.4, -0.2) is 19.0 Å². The molecular formula is C14H18Cl2N2O. The van der Waals surface area contributed by atoms with Crippen molar-refractivity contribution in [3.63, 3.8) is 0 Å². The molecule has 0 radical (unpaired) electrons. The maximum absolute atomic E-state index is 12.6. The van der Waals surface area contributed by atoms with Gasteiger partial charge in [-0.1, -0.05) is 37.0 Å². The third-order valence-electron chi connectivity index (χ3n) is 3.87. The van der Waals surface area contributed by atoms with E-state index in [0.29, 0.717) is 22.3 Å². The average molecular weight is 301 g/mol. The van der Waals surface area contributed by atoms with Crippen molar-refractivity contribution in [2.24, 2.45) is 11.3 Å². The van der Waals surface area contributed by atoms with Crippen LogP contribution in [0.2, 0.25) is 10.0 Å². The fraction of sp³-hybridized carbons (Fsp3) is 0.500. The van der Waals surface area contributed by atoms with Gasteiger partial charge in [0.05, 0.1) is 5.41 Å². The minimum absolute atomic E-state index is 0.0332. The van der Waals surface area contributed by atoms with Crippen molar-refractivity contribution in [3.8, 4) is 0 Å². The van der Waals surface area contributed by atoms with Crippen molar-refractivity contribution < 1.29 is 4.79 Å². The second-order valence-electron chi connectivity index (χ2n) is 5.35. The topological polar surface area (TPSA) is 41.1 Å². The lowest BCUT2D eigenvalue weighted by atomic mass is 9.75. The zero-order valence-corrected chi connectivity index (χ0v) is 12.6. The van der Waals surface area contributed by atoms with Crippen LogP contribution in [0.25, 0.3) is 0 Å². The smallest absolute Gasteiger partial charge is 0.232 e. The molecule has 1 aliphatic heterocycles. The first-order valence-electron chi connectivity index (χ1n) is 6.42. The van der Waals surface area contributed by atoms with Gasteiger partial charge in [0.15, 0.2) is 0 Å². The molecule has 1 fully saturated rings. The van der Waals surface area contributed by atoms with Gasteiger partial charge in [-0.25, -0.2) is 0 Å². The lowest BCUT2D eigenvalue weighted by Crippen LogP contribution is -2.42. The molecule has 19 heavy (non-hydrogen) atoms. The summed E-state index contributed by atoms with van der Waals surface area (Å²) in [6.45, 7) is 5.75. The van der Waals surface area contributed by atoms with E-state index in [2.05, 4.69) is 24.5 Å². The van der Waals surface area contributed by atoms with E-state index in [-0.39, 0.29) is 17.2 Å². The van der Waals surface area contributed by atoms with Crippen molar-refractivity contribution in [1.29, 1.82) is 0 Å². The minimum Gasteiger partial charge on any atom is -0.325 e. The Hall–Kier alpha value is -0.770. The first-order chi connectivity index (χ1) is 8.94. The monoisotopic (exact) mass is 300 g/mol. The Labute approximate surface area is 123 Å². The number of hydrogen-bond donors (Lipinski definition) is 2. The number of hydrogen-bond acceptors (Lipinski definition) is 2. The van der Waals surface area contributed by atoms with Gasteiger partial charge in [0.2, 0.25) is 5.91 Å². The summed E-state index contributed by atoms with van der Waals surface area (Å²) in [4.78, 5) is 12.6. The van der Waals surface area contributed by atoms with Crippen LogP contribution < -0.4 is 10.6 Å². The van der Waals surface area contributed by atoms with Crippen LogP contribution in [0.1, 0.15) is 20.3 Å². The molecule has 1 heterocycles. The summed E-state index contributed by atoms with van der Waals surface area (Å²) < 4.78 is 0. The molecule has 5 heteroatoms. The molecule has 0 bridgehead atoms. The van der Waals surface area contributed by atoms with Gasteiger partial charge in [-0.15, -0.1) is 0 Å². The van der Waals surface area contributed by atoms with E-state index >= 15 is 0 Å². The summed E-state index contributed by atoms with van der Waals surface area (Å²) in [5.74, 6) is 0.308. The lowest BCUT2D eigenvalue weighted by Gasteiger charge is -2.31. The second-order valence-corrected chi connectivity index (χ2v) is 6.22. The largest absolute Gasteiger partial charge is 0.325 e. The SMILES string of the molecule is CC(C)C1(C(=O)Nc2cc(Cl)cc(Cl)c2)CCNC1. The lowest BCUT2D eigenvalue weighted by molar-refractivity contribution is -0.126. The fourth-order valence-electron chi connectivity index (χ4n) is 2.54. The molecular weight excluding hydrogens is 283 g/mol. The van der Waals surface area contributed by atoms with E-state index in [9.17, 15) is 4.79 Å². The number of benzene rings is 1. The molecule has 1 aromatic carbocycles. The van der Waals surface area contributed by atoms with Crippen LogP contribution in [-0.2, 0) is 4.79 Å². The third-order valence-corrected chi connectivity index (χ3v) is 4.30. The Morgan fingerprint density at radius 3 is 2.42 bits per heavy atom. The number of anilines is 1. The zero-order chi connectivity index (χ0) is 14.0. The predicted octanol–water partition coefficient (Wildman–Crippen LogP) is 3.57. The molecule has 0 aromatic heterocycles. The van der Waals surface area contributed by atoms with Gasteiger partial charge in [-0.3, -0.25) is 4.79 Å². The van der Waals surface area contributed by atoms with Crippen molar-refractivity contribution in [2.45, 2.75) is 20.3 Å². The normalized spacial score (nSPS) is 22.8. The van der Waals surface area contributed by atoms with E-state index in [4.69, 9.17) is 23.2 Å². The molecule has 1 aliphatic rings. The first-order valence-corrected chi connectivity index (χ1v) is 7.18. The van der Waals surface area contributed by atoms with Crippen molar-refractivity contribution in [1.82, 2.24) is 5.32 Å². The Morgan fingerprint density at radius 1 is 1.32 bits per heavy atom. The first kappa shape index (κ1) is 14.6. The van der Waals surface area contributed by atoms with Crippen LogP contribution in [0.4, 0.5) is 5.69 Å². The molecule has 1 atom stereocenters. The maximum atomic E-state index is 12.6. The quantitative estimate of drug-likeness (QED) is 0.896. The van der Waals surface area contributed by atoms with Crippen molar-refractivity contribution in [2.75, 3.05) is 18.4 Å². The second kappa shape index (κ2) is 5.70. The van der Waals surface area contributed by atoms with Crippen LogP contribution in [0.15, 0.2) is 18.2 Å². The molecule has 2 rings (SSSR count). The average Bonchev–Trinajstić information content (AvgIpc) is 2.77. The van der Waals surface area contributed by atoms with E-state index in [1.165, 1.54) is 0 Å². The molecule has 1 unspecified atom stereocenters. The highest BCUT2D eigenvalue weighted by atomic mass is 35.5. The highest BCUT2D eigenvalue weighted by molar-refractivity contribution is 6.35. The van der Waals surface area contributed by atoms with Crippen LogP contribution >= 0.6 is 23.2 Å². The summed E-state index contributed by atoms with van der Waals surface area (Å²) in [6.07, 6.45) is 0.852. The standard InChI is InChI=1S/C14H18Cl2N2O/c1-9(2)14(3-4-17-8-14)13(19)18-12-6-10(15)5-11(16)7-12/h5-7,9,17H,3-4,8H2,1-2H3,(H,18,19). The van der Waals surface area contributed by atoms with Crippen LogP contribution in [0.3, 0.4) is 0 Å². The van der Waals surface area contributed by atoms with Crippen molar-refractivity contribution >= 4 is 34.8 Å². The van der Waals surface area contributed by atoms with E-state index < -0.39 is 0 Å². The summed E-state index contributed by atoms with van der Waals surface area (Å²) in [6, 6.07) is 5.07. The van der Waals surface area contributed by atoms with Gasteiger partial charge in [0.25, 0.3) is 0 Å². The van der Waals surface area contributed by atoms with Crippen molar-refractivity contribution in [3.05, 3.63) is 28.2 Å². The number of amides is 1. The molecule has 3 nitrogen and oxygen atoms in total. The van der Waals surface area contributed by atoms with Crippen LogP contribution in [0.5, 0.6) is 0 Å². The molecule has 1 aromatic rings. The molecule has 1 amide bonds. The molecule has 0 spiro atoms. The Morgan fingerprint density at radius 2 is 1.95 bits per heavy atom. The number of carbonyl (C=O) groups is 1. The molecule has 0 saturated carbocycles. The molecule has 104 valence electrons. The molecule has 1 saturated heterocycles. The van der Waals surface area contributed by atoms with E-state index in [0.717, 1.165) is 13.0 Å². The van der Waals surface area contributed by atoms with Gasteiger partial charge < -0.3 is 10.6 Å².